The second-order valence-electron chi connectivity index (χ2n) is 5.76. The number of nitrogens with one attached hydrogen (secondary N) is 2. The second-order valence-corrected chi connectivity index (χ2v) is 7.63. The summed E-state index contributed by atoms with van der Waals surface area (Å²) < 4.78 is 32.1. The van der Waals surface area contributed by atoms with Crippen LogP contribution in [0.3, 0.4) is 0 Å². The van der Waals surface area contributed by atoms with Gasteiger partial charge in [-0.3, -0.25) is 0 Å². The minimum absolute atomic E-state index is 0.0188. The van der Waals surface area contributed by atoms with Crippen molar-refractivity contribution < 1.29 is 13.2 Å². The summed E-state index contributed by atoms with van der Waals surface area (Å²) in [5.74, 6) is 0.633. The molecule has 0 radical (unpaired) electrons. The summed E-state index contributed by atoms with van der Waals surface area (Å²) in [7, 11) is -3.14. The first kappa shape index (κ1) is 15.2. The fourth-order valence-electron chi connectivity index (χ4n) is 2.51. The molecule has 1 atom stereocenters. The Labute approximate surface area is 116 Å². The van der Waals surface area contributed by atoms with Gasteiger partial charge in [-0.05, 0) is 51.5 Å². The molecule has 6 heteroatoms. The minimum atomic E-state index is -3.14. The zero-order chi connectivity index (χ0) is 13.7. The lowest BCUT2D eigenvalue weighted by molar-refractivity contribution is 0.0585. The third-order valence-electron chi connectivity index (χ3n) is 3.94. The minimum Gasteiger partial charge on any atom is -0.381 e. The summed E-state index contributed by atoms with van der Waals surface area (Å²) in [6.07, 6.45) is 5.07. The van der Waals surface area contributed by atoms with Gasteiger partial charge in [-0.15, -0.1) is 0 Å². The lowest BCUT2D eigenvalue weighted by atomic mass is 9.94. The van der Waals surface area contributed by atoms with Crippen LogP contribution in [0.25, 0.3) is 0 Å². The van der Waals surface area contributed by atoms with Crippen molar-refractivity contribution in [3.63, 3.8) is 0 Å². The molecule has 1 unspecified atom stereocenters. The Kier molecular flexibility index (Phi) is 5.62. The summed E-state index contributed by atoms with van der Waals surface area (Å²) in [5.41, 5.74) is 0. The van der Waals surface area contributed by atoms with Crippen molar-refractivity contribution in [2.45, 2.75) is 51.1 Å². The first-order chi connectivity index (χ1) is 9.07. The quantitative estimate of drug-likeness (QED) is 0.651. The summed E-state index contributed by atoms with van der Waals surface area (Å²) in [6, 6.07) is 0.669. The van der Waals surface area contributed by atoms with Crippen molar-refractivity contribution in [1.29, 1.82) is 0 Å². The van der Waals surface area contributed by atoms with Gasteiger partial charge in [0, 0.05) is 25.3 Å². The molecule has 5 nitrogen and oxygen atoms in total. The number of ether oxygens (including phenoxy) is 1. The second kappa shape index (κ2) is 7.02. The molecule has 2 N–H and O–H groups in total. The van der Waals surface area contributed by atoms with Crippen LogP contribution in [-0.2, 0) is 14.8 Å². The van der Waals surface area contributed by atoms with Crippen molar-refractivity contribution in [3.05, 3.63) is 0 Å². The van der Waals surface area contributed by atoms with Crippen LogP contribution in [0.5, 0.6) is 0 Å². The van der Waals surface area contributed by atoms with Crippen molar-refractivity contribution >= 4 is 10.0 Å². The Morgan fingerprint density at radius 1 is 1.21 bits per heavy atom. The third-order valence-corrected chi connectivity index (χ3v) is 5.50. The van der Waals surface area contributed by atoms with Crippen LogP contribution in [0.1, 0.15) is 39.0 Å². The fourth-order valence-corrected chi connectivity index (χ4v) is 3.91. The monoisotopic (exact) mass is 290 g/mol. The number of rotatable bonds is 8. The predicted octanol–water partition coefficient (Wildman–Crippen LogP) is 0.863. The van der Waals surface area contributed by atoms with Crippen molar-refractivity contribution in [2.24, 2.45) is 5.92 Å². The summed E-state index contributed by atoms with van der Waals surface area (Å²) in [5, 5.41) is 3.34. The average Bonchev–Trinajstić information content (AvgIpc) is 3.19. The van der Waals surface area contributed by atoms with Crippen molar-refractivity contribution in [3.8, 4) is 0 Å². The van der Waals surface area contributed by atoms with Crippen LogP contribution in [0.4, 0.5) is 0 Å². The molecule has 1 heterocycles. The standard InChI is InChI=1S/C13H26N2O3S/c1-11(12-5-8-18-9-6-12)15-19(16,17)10-2-7-14-13-3-4-13/h11-15H,2-10H2,1H3. The molecule has 0 amide bonds. The van der Waals surface area contributed by atoms with E-state index in [-0.39, 0.29) is 11.8 Å². The Balaban J connectivity index is 1.65. The van der Waals surface area contributed by atoms with Gasteiger partial charge >= 0.3 is 0 Å². The van der Waals surface area contributed by atoms with Gasteiger partial charge in [0.25, 0.3) is 0 Å². The van der Waals surface area contributed by atoms with E-state index < -0.39 is 10.0 Å². The van der Waals surface area contributed by atoms with Gasteiger partial charge in [0.2, 0.25) is 10.0 Å². The smallest absolute Gasteiger partial charge is 0.211 e. The van der Waals surface area contributed by atoms with E-state index in [1.54, 1.807) is 0 Å². The van der Waals surface area contributed by atoms with Crippen molar-refractivity contribution in [2.75, 3.05) is 25.5 Å². The number of hydrogen-bond acceptors (Lipinski definition) is 4. The molecule has 0 aromatic rings. The lowest BCUT2D eigenvalue weighted by Crippen LogP contribution is -2.41. The molecule has 1 saturated heterocycles. The van der Waals surface area contributed by atoms with Crippen molar-refractivity contribution in [1.82, 2.24) is 10.0 Å². The van der Waals surface area contributed by atoms with Gasteiger partial charge in [0.05, 0.1) is 5.75 Å². The zero-order valence-electron chi connectivity index (χ0n) is 11.7. The highest BCUT2D eigenvalue weighted by molar-refractivity contribution is 7.89. The molecule has 112 valence electrons. The van der Waals surface area contributed by atoms with Crippen LogP contribution in [0.15, 0.2) is 0 Å². The molecule has 0 aromatic carbocycles. The van der Waals surface area contributed by atoms with E-state index in [0.717, 1.165) is 32.6 Å². The zero-order valence-corrected chi connectivity index (χ0v) is 12.5. The first-order valence-electron chi connectivity index (χ1n) is 7.38. The molecule has 0 aromatic heterocycles. The topological polar surface area (TPSA) is 67.4 Å². The molecule has 1 aliphatic carbocycles. The normalized spacial score (nSPS) is 23.4. The van der Waals surface area contributed by atoms with Crippen LogP contribution in [0.2, 0.25) is 0 Å². The Morgan fingerprint density at radius 3 is 2.53 bits per heavy atom. The predicted molar refractivity (Wildman–Crippen MR) is 75.6 cm³/mol. The molecule has 2 aliphatic rings. The molecule has 2 fully saturated rings. The largest absolute Gasteiger partial charge is 0.381 e. The maximum absolute atomic E-state index is 12.0. The Bertz CT molecular complexity index is 362. The Morgan fingerprint density at radius 2 is 1.89 bits per heavy atom. The van der Waals surface area contributed by atoms with Gasteiger partial charge < -0.3 is 10.1 Å². The van der Waals surface area contributed by atoms with Gasteiger partial charge in [0.15, 0.2) is 0 Å². The molecule has 0 bridgehead atoms. The molecule has 1 aliphatic heterocycles. The van der Waals surface area contributed by atoms with Crippen LogP contribution in [0, 0.1) is 5.92 Å². The van der Waals surface area contributed by atoms with E-state index in [1.165, 1.54) is 12.8 Å². The molecule has 2 rings (SSSR count). The third kappa shape index (κ3) is 5.77. The number of hydrogen-bond donors (Lipinski definition) is 2. The van der Waals surface area contributed by atoms with Crippen LogP contribution < -0.4 is 10.0 Å². The average molecular weight is 290 g/mol. The molecule has 1 saturated carbocycles. The molecular weight excluding hydrogens is 264 g/mol. The fraction of sp³-hybridized carbons (Fsp3) is 1.00. The SMILES string of the molecule is CC(NS(=O)(=O)CCCNC1CC1)C1CCOCC1. The summed E-state index contributed by atoms with van der Waals surface area (Å²) >= 11 is 0. The van der Waals surface area contributed by atoms with E-state index >= 15 is 0 Å². The highest BCUT2D eigenvalue weighted by Crippen LogP contribution is 2.19. The van der Waals surface area contributed by atoms with Gasteiger partial charge in [0.1, 0.15) is 0 Å². The van der Waals surface area contributed by atoms with E-state index in [2.05, 4.69) is 10.0 Å². The van der Waals surface area contributed by atoms with Crippen LogP contribution in [-0.4, -0.2) is 46.0 Å². The molecular formula is C13H26N2O3S. The maximum atomic E-state index is 12.0. The first-order valence-corrected chi connectivity index (χ1v) is 9.03. The summed E-state index contributed by atoms with van der Waals surface area (Å²) in [4.78, 5) is 0. The maximum Gasteiger partial charge on any atom is 0.211 e. The Hall–Kier alpha value is -0.170. The van der Waals surface area contributed by atoms with E-state index in [0.29, 0.717) is 18.4 Å². The highest BCUT2D eigenvalue weighted by Gasteiger charge is 2.24. The van der Waals surface area contributed by atoms with Gasteiger partial charge in [-0.2, -0.15) is 0 Å². The van der Waals surface area contributed by atoms with Gasteiger partial charge in [-0.1, -0.05) is 0 Å². The van der Waals surface area contributed by atoms with E-state index in [1.807, 2.05) is 6.92 Å². The number of sulfonamides is 1. The van der Waals surface area contributed by atoms with Crippen LogP contribution >= 0.6 is 0 Å². The lowest BCUT2D eigenvalue weighted by Gasteiger charge is -2.28. The van der Waals surface area contributed by atoms with E-state index in [4.69, 9.17) is 4.74 Å². The molecule has 0 spiro atoms. The van der Waals surface area contributed by atoms with E-state index in [9.17, 15) is 8.42 Å². The molecule has 19 heavy (non-hydrogen) atoms. The highest BCUT2D eigenvalue weighted by atomic mass is 32.2. The summed E-state index contributed by atoms with van der Waals surface area (Å²) in [6.45, 7) is 4.28. The van der Waals surface area contributed by atoms with Gasteiger partial charge in [-0.25, -0.2) is 13.1 Å².